The molecule has 0 amide bonds. The molecule has 0 unspecified atom stereocenters. The molecule has 0 N–H and O–H groups in total. The van der Waals surface area contributed by atoms with Gasteiger partial charge in [0, 0.05) is 19.3 Å². The summed E-state index contributed by atoms with van der Waals surface area (Å²) in [7, 11) is 0. The number of carbonyl (C=O) groups excluding carboxylic acids is 3. The fraction of sp³-hybridized carbons (Fsp3) is 0.923. The first kappa shape index (κ1) is 69.2. The Kier molecular flexibility index (Phi) is 59.1. The summed E-state index contributed by atoms with van der Waals surface area (Å²) in [5.74, 6) is -0.834. The number of allylic oxidation sites excluding steroid dienone is 2. The quantitative estimate of drug-likeness (QED) is 0.0261. The van der Waals surface area contributed by atoms with Crippen LogP contribution in [-0.4, -0.2) is 37.2 Å². The van der Waals surface area contributed by atoms with Crippen LogP contribution in [0.1, 0.15) is 367 Å². The molecule has 0 spiro atoms. The molecule has 420 valence electrons. The second kappa shape index (κ2) is 60.7. The van der Waals surface area contributed by atoms with Crippen LogP contribution in [0.25, 0.3) is 0 Å². The molecule has 0 radical (unpaired) electrons. The highest BCUT2D eigenvalue weighted by Crippen LogP contribution is 2.18. The molecular formula is C65H124O6. The number of unbranched alkanes of at least 4 members (excludes halogenated alkanes) is 47. The molecule has 0 aliphatic rings. The second-order valence-electron chi connectivity index (χ2n) is 22.0. The lowest BCUT2D eigenvalue weighted by molar-refractivity contribution is -0.167. The maximum Gasteiger partial charge on any atom is 0.306 e. The third-order valence-electron chi connectivity index (χ3n) is 14.8. The summed E-state index contributed by atoms with van der Waals surface area (Å²) in [5, 5.41) is 0. The van der Waals surface area contributed by atoms with Gasteiger partial charge in [-0.2, -0.15) is 0 Å². The van der Waals surface area contributed by atoms with Crippen molar-refractivity contribution in [1.29, 1.82) is 0 Å². The lowest BCUT2D eigenvalue weighted by Gasteiger charge is -2.18. The van der Waals surface area contributed by atoms with Crippen LogP contribution in [0.15, 0.2) is 12.2 Å². The highest BCUT2D eigenvalue weighted by Gasteiger charge is 2.19. The van der Waals surface area contributed by atoms with Crippen molar-refractivity contribution in [2.45, 2.75) is 374 Å². The minimum atomic E-state index is -0.766. The van der Waals surface area contributed by atoms with Gasteiger partial charge in [0.1, 0.15) is 13.2 Å². The van der Waals surface area contributed by atoms with Crippen LogP contribution in [0.2, 0.25) is 0 Å². The zero-order valence-electron chi connectivity index (χ0n) is 48.3. The van der Waals surface area contributed by atoms with E-state index in [9.17, 15) is 14.4 Å². The number of carbonyl (C=O) groups is 3. The maximum atomic E-state index is 12.9. The second-order valence-corrected chi connectivity index (χ2v) is 22.0. The molecule has 0 rings (SSSR count). The number of rotatable bonds is 60. The van der Waals surface area contributed by atoms with E-state index in [4.69, 9.17) is 14.2 Å². The lowest BCUT2D eigenvalue weighted by Crippen LogP contribution is -2.30. The van der Waals surface area contributed by atoms with E-state index in [2.05, 4.69) is 32.9 Å². The maximum absolute atomic E-state index is 12.9. The zero-order valence-corrected chi connectivity index (χ0v) is 48.3. The van der Waals surface area contributed by atoms with Crippen LogP contribution in [-0.2, 0) is 28.6 Å². The van der Waals surface area contributed by atoms with E-state index in [0.717, 1.165) is 57.8 Å². The Balaban J connectivity index is 4.29. The molecular weight excluding hydrogens is 877 g/mol. The fourth-order valence-corrected chi connectivity index (χ4v) is 9.91. The van der Waals surface area contributed by atoms with Crippen molar-refractivity contribution in [2.24, 2.45) is 0 Å². The van der Waals surface area contributed by atoms with Crippen LogP contribution in [0.3, 0.4) is 0 Å². The van der Waals surface area contributed by atoms with E-state index in [1.54, 1.807) is 0 Å². The van der Waals surface area contributed by atoms with Gasteiger partial charge < -0.3 is 14.2 Å². The van der Waals surface area contributed by atoms with Crippen molar-refractivity contribution in [3.05, 3.63) is 12.2 Å². The first-order chi connectivity index (χ1) is 35.0. The molecule has 0 bridgehead atoms. The van der Waals surface area contributed by atoms with Gasteiger partial charge in [0.05, 0.1) is 0 Å². The van der Waals surface area contributed by atoms with Gasteiger partial charge in [-0.1, -0.05) is 315 Å². The first-order valence-electron chi connectivity index (χ1n) is 32.2. The first-order valence-corrected chi connectivity index (χ1v) is 32.2. The Labute approximate surface area is 443 Å². The van der Waals surface area contributed by atoms with Crippen molar-refractivity contribution < 1.29 is 28.6 Å². The molecule has 1 atom stereocenters. The molecule has 0 fully saturated rings. The average Bonchev–Trinajstić information content (AvgIpc) is 3.37. The molecule has 0 saturated heterocycles. The molecule has 71 heavy (non-hydrogen) atoms. The summed E-state index contributed by atoms with van der Waals surface area (Å²) in [5.41, 5.74) is 0. The zero-order chi connectivity index (χ0) is 51.4. The summed E-state index contributed by atoms with van der Waals surface area (Å²) >= 11 is 0. The van der Waals surface area contributed by atoms with Gasteiger partial charge in [-0.25, -0.2) is 0 Å². The molecule has 0 saturated carbocycles. The average molecular weight is 1000 g/mol. The molecule has 0 heterocycles. The van der Waals surface area contributed by atoms with Crippen LogP contribution in [0.5, 0.6) is 0 Å². The van der Waals surface area contributed by atoms with E-state index in [-0.39, 0.29) is 31.1 Å². The number of hydrogen-bond acceptors (Lipinski definition) is 6. The Morgan fingerprint density at radius 1 is 0.268 bits per heavy atom. The minimum absolute atomic E-state index is 0.0637. The van der Waals surface area contributed by atoms with Gasteiger partial charge in [0.25, 0.3) is 0 Å². The highest BCUT2D eigenvalue weighted by atomic mass is 16.6. The Morgan fingerprint density at radius 3 is 0.704 bits per heavy atom. The molecule has 0 aromatic carbocycles. The Hall–Kier alpha value is -1.85. The highest BCUT2D eigenvalue weighted by molar-refractivity contribution is 5.71. The Morgan fingerprint density at radius 2 is 0.465 bits per heavy atom. The van der Waals surface area contributed by atoms with E-state index in [0.29, 0.717) is 19.3 Å². The smallest absolute Gasteiger partial charge is 0.306 e. The summed E-state index contributed by atoms with van der Waals surface area (Å²) in [6.07, 6.45) is 70.7. The Bertz CT molecular complexity index is 1100. The van der Waals surface area contributed by atoms with Crippen molar-refractivity contribution in [1.82, 2.24) is 0 Å². The van der Waals surface area contributed by atoms with E-state index in [1.165, 1.54) is 270 Å². The van der Waals surface area contributed by atoms with E-state index >= 15 is 0 Å². The van der Waals surface area contributed by atoms with Crippen LogP contribution in [0, 0.1) is 0 Å². The molecule has 0 aromatic heterocycles. The third-order valence-corrected chi connectivity index (χ3v) is 14.8. The fourth-order valence-electron chi connectivity index (χ4n) is 9.91. The topological polar surface area (TPSA) is 78.9 Å². The van der Waals surface area contributed by atoms with Crippen molar-refractivity contribution >= 4 is 17.9 Å². The normalized spacial score (nSPS) is 12.0. The lowest BCUT2D eigenvalue weighted by atomic mass is 10.0. The van der Waals surface area contributed by atoms with Gasteiger partial charge in [-0.05, 0) is 44.9 Å². The minimum Gasteiger partial charge on any atom is -0.462 e. The monoisotopic (exact) mass is 1000 g/mol. The SMILES string of the molecule is CCCCCCCC/C=C/CCCCCCCCCCCC(=O)OC[C@@H](COC(=O)CCCCCCCCCCCCCCCCC)OC(=O)CCCCCCCCCCCCCCCCCCCCC. The van der Waals surface area contributed by atoms with Gasteiger partial charge in [0.2, 0.25) is 0 Å². The number of hydrogen-bond donors (Lipinski definition) is 0. The van der Waals surface area contributed by atoms with E-state index < -0.39 is 6.10 Å². The van der Waals surface area contributed by atoms with Crippen molar-refractivity contribution in [3.8, 4) is 0 Å². The van der Waals surface area contributed by atoms with Gasteiger partial charge in [0.15, 0.2) is 6.10 Å². The molecule has 0 aliphatic heterocycles. The summed E-state index contributed by atoms with van der Waals surface area (Å²) in [6, 6.07) is 0. The van der Waals surface area contributed by atoms with Gasteiger partial charge in [-0.3, -0.25) is 14.4 Å². The third kappa shape index (κ3) is 58.9. The standard InChI is InChI=1S/C65H124O6/c1-4-7-10-13-16-19-22-25-28-30-32-34-37-40-43-46-49-52-55-58-64(67)70-61-62(60-69-63(66)57-54-51-48-45-42-39-36-27-24-21-18-15-12-9-6-3)71-65(68)59-56-53-50-47-44-41-38-35-33-31-29-26-23-20-17-14-11-8-5-2/h25,28,62H,4-24,26-27,29-61H2,1-3H3/b28-25+/t62-/m1/s1. The predicted octanol–water partition coefficient (Wildman–Crippen LogP) is 21.7. The van der Waals surface area contributed by atoms with Crippen LogP contribution >= 0.6 is 0 Å². The molecule has 0 aromatic rings. The van der Waals surface area contributed by atoms with E-state index in [1.807, 2.05) is 0 Å². The van der Waals surface area contributed by atoms with Gasteiger partial charge >= 0.3 is 17.9 Å². The van der Waals surface area contributed by atoms with Crippen LogP contribution < -0.4 is 0 Å². The number of ether oxygens (including phenoxy) is 3. The molecule has 0 aliphatic carbocycles. The number of esters is 3. The van der Waals surface area contributed by atoms with Crippen LogP contribution in [0.4, 0.5) is 0 Å². The van der Waals surface area contributed by atoms with Gasteiger partial charge in [-0.15, -0.1) is 0 Å². The largest absolute Gasteiger partial charge is 0.462 e. The van der Waals surface area contributed by atoms with Crippen molar-refractivity contribution in [2.75, 3.05) is 13.2 Å². The van der Waals surface area contributed by atoms with Crippen molar-refractivity contribution in [3.63, 3.8) is 0 Å². The molecule has 6 nitrogen and oxygen atoms in total. The summed E-state index contributed by atoms with van der Waals surface area (Å²) in [4.78, 5) is 38.3. The summed E-state index contributed by atoms with van der Waals surface area (Å²) < 4.78 is 17.0. The predicted molar refractivity (Wildman–Crippen MR) is 307 cm³/mol. The molecule has 6 heteroatoms. The summed E-state index contributed by atoms with van der Waals surface area (Å²) in [6.45, 7) is 6.71.